The van der Waals surface area contributed by atoms with Crippen molar-refractivity contribution in [3.63, 3.8) is 0 Å². The lowest BCUT2D eigenvalue weighted by molar-refractivity contribution is -0.138. The van der Waals surface area contributed by atoms with Crippen molar-refractivity contribution in [2.24, 2.45) is 0 Å². The van der Waals surface area contributed by atoms with Gasteiger partial charge in [-0.3, -0.25) is 29.0 Å². The summed E-state index contributed by atoms with van der Waals surface area (Å²) in [5, 5.41) is 3.42. The SMILES string of the molecule is O=C1C=CC(=O)N1CCCCCCNCCCCCCN1C(=O)C=CC1=O. The summed E-state index contributed by atoms with van der Waals surface area (Å²) in [5.41, 5.74) is 0. The van der Waals surface area contributed by atoms with Gasteiger partial charge in [0.1, 0.15) is 0 Å². The average Bonchev–Trinajstić information content (AvgIpc) is 3.14. The summed E-state index contributed by atoms with van der Waals surface area (Å²) in [6.45, 7) is 2.99. The molecule has 2 aliphatic rings. The zero-order valence-corrected chi connectivity index (χ0v) is 15.8. The second kappa shape index (κ2) is 11.4. The first kappa shape index (κ1) is 21.0. The number of nitrogens with zero attached hydrogens (tertiary/aromatic N) is 2. The number of rotatable bonds is 14. The van der Waals surface area contributed by atoms with E-state index < -0.39 is 0 Å². The lowest BCUT2D eigenvalue weighted by atomic mass is 10.1. The van der Waals surface area contributed by atoms with Gasteiger partial charge in [-0.15, -0.1) is 0 Å². The van der Waals surface area contributed by atoms with E-state index in [4.69, 9.17) is 0 Å². The third-order valence-corrected chi connectivity index (χ3v) is 4.77. The molecule has 0 bridgehead atoms. The minimum Gasteiger partial charge on any atom is -0.317 e. The van der Waals surface area contributed by atoms with Crippen LogP contribution in [0.3, 0.4) is 0 Å². The molecule has 1 N–H and O–H groups in total. The van der Waals surface area contributed by atoms with Crippen LogP contribution in [0, 0.1) is 0 Å². The summed E-state index contributed by atoms with van der Waals surface area (Å²) in [6, 6.07) is 0. The normalized spacial score (nSPS) is 16.4. The van der Waals surface area contributed by atoms with E-state index in [9.17, 15) is 19.2 Å². The molecule has 0 spiro atoms. The van der Waals surface area contributed by atoms with Crippen LogP contribution in [-0.2, 0) is 19.2 Å². The lowest BCUT2D eigenvalue weighted by Crippen LogP contribution is -2.30. The number of carbonyl (C=O) groups is 4. The van der Waals surface area contributed by atoms with Crippen LogP contribution in [0.2, 0.25) is 0 Å². The second-order valence-corrected chi connectivity index (χ2v) is 6.90. The highest BCUT2D eigenvalue weighted by atomic mass is 16.2. The maximum atomic E-state index is 11.4. The Morgan fingerprint density at radius 3 is 1.22 bits per heavy atom. The topological polar surface area (TPSA) is 86.8 Å². The number of carbonyl (C=O) groups excluding carboxylic acids is 4. The predicted octanol–water partition coefficient (Wildman–Crippen LogP) is 1.55. The smallest absolute Gasteiger partial charge is 0.253 e. The van der Waals surface area contributed by atoms with E-state index in [1.807, 2.05) is 0 Å². The Morgan fingerprint density at radius 1 is 0.519 bits per heavy atom. The van der Waals surface area contributed by atoms with Crippen LogP contribution in [0.25, 0.3) is 0 Å². The van der Waals surface area contributed by atoms with Crippen LogP contribution in [0.15, 0.2) is 24.3 Å². The van der Waals surface area contributed by atoms with Gasteiger partial charge in [0.25, 0.3) is 23.6 Å². The first-order valence-electron chi connectivity index (χ1n) is 9.87. The molecule has 2 heterocycles. The molecule has 7 nitrogen and oxygen atoms in total. The van der Waals surface area contributed by atoms with E-state index in [-0.39, 0.29) is 23.6 Å². The average molecular weight is 375 g/mol. The summed E-state index contributed by atoms with van der Waals surface area (Å²) in [4.78, 5) is 48.1. The number of unbranched alkanes of at least 4 members (excludes halogenated alkanes) is 6. The highest BCUT2D eigenvalue weighted by molar-refractivity contribution is 6.13. The van der Waals surface area contributed by atoms with Crippen LogP contribution >= 0.6 is 0 Å². The van der Waals surface area contributed by atoms with Gasteiger partial charge in [-0.05, 0) is 38.8 Å². The van der Waals surface area contributed by atoms with Gasteiger partial charge in [0.05, 0.1) is 0 Å². The fourth-order valence-corrected chi connectivity index (χ4v) is 3.17. The van der Waals surface area contributed by atoms with Gasteiger partial charge in [0.15, 0.2) is 0 Å². The summed E-state index contributed by atoms with van der Waals surface area (Å²) in [5.74, 6) is -0.789. The molecule has 148 valence electrons. The number of nitrogens with one attached hydrogen (secondary N) is 1. The van der Waals surface area contributed by atoms with Crippen LogP contribution in [-0.4, -0.2) is 59.6 Å². The van der Waals surface area contributed by atoms with Gasteiger partial charge < -0.3 is 5.32 Å². The summed E-state index contributed by atoms with van der Waals surface area (Å²) in [7, 11) is 0. The molecule has 0 radical (unpaired) electrons. The van der Waals surface area contributed by atoms with E-state index >= 15 is 0 Å². The minimum absolute atomic E-state index is 0.197. The Bertz CT molecular complexity index is 524. The van der Waals surface area contributed by atoms with E-state index in [1.165, 1.54) is 34.1 Å². The molecule has 0 aromatic rings. The highest BCUT2D eigenvalue weighted by Crippen LogP contribution is 2.08. The Morgan fingerprint density at radius 2 is 0.852 bits per heavy atom. The molecule has 0 saturated carbocycles. The van der Waals surface area contributed by atoms with Crippen LogP contribution in [0.5, 0.6) is 0 Å². The molecule has 27 heavy (non-hydrogen) atoms. The van der Waals surface area contributed by atoms with Gasteiger partial charge >= 0.3 is 0 Å². The summed E-state index contributed by atoms with van der Waals surface area (Å²) >= 11 is 0. The van der Waals surface area contributed by atoms with Gasteiger partial charge in [0, 0.05) is 37.4 Å². The molecule has 4 amide bonds. The van der Waals surface area contributed by atoms with Crippen LogP contribution in [0.4, 0.5) is 0 Å². The van der Waals surface area contributed by atoms with Crippen LogP contribution < -0.4 is 5.32 Å². The van der Waals surface area contributed by atoms with Crippen molar-refractivity contribution in [2.45, 2.75) is 51.4 Å². The monoisotopic (exact) mass is 375 g/mol. The quantitative estimate of drug-likeness (QED) is 0.368. The highest BCUT2D eigenvalue weighted by Gasteiger charge is 2.22. The third-order valence-electron chi connectivity index (χ3n) is 4.77. The van der Waals surface area contributed by atoms with Crippen molar-refractivity contribution in [3.05, 3.63) is 24.3 Å². The molecule has 0 atom stereocenters. The van der Waals surface area contributed by atoms with E-state index in [1.54, 1.807) is 0 Å². The Balaban J connectivity index is 1.32. The maximum Gasteiger partial charge on any atom is 0.253 e. The Hall–Kier alpha value is -2.28. The molecule has 7 heteroatoms. The van der Waals surface area contributed by atoms with E-state index in [0.717, 1.165) is 64.5 Å². The van der Waals surface area contributed by atoms with Gasteiger partial charge in [0.2, 0.25) is 0 Å². The summed E-state index contributed by atoms with van der Waals surface area (Å²) in [6.07, 6.45) is 13.4. The molecule has 0 aromatic carbocycles. The molecular weight excluding hydrogens is 346 g/mol. The van der Waals surface area contributed by atoms with Crippen molar-refractivity contribution in [3.8, 4) is 0 Å². The number of amides is 4. The molecule has 0 unspecified atom stereocenters. The maximum absolute atomic E-state index is 11.4. The fraction of sp³-hybridized carbons (Fsp3) is 0.600. The Labute approximate surface area is 160 Å². The van der Waals surface area contributed by atoms with Crippen molar-refractivity contribution in [1.29, 1.82) is 0 Å². The van der Waals surface area contributed by atoms with Crippen molar-refractivity contribution in [2.75, 3.05) is 26.2 Å². The van der Waals surface area contributed by atoms with Gasteiger partial charge in [-0.2, -0.15) is 0 Å². The number of hydrogen-bond donors (Lipinski definition) is 1. The van der Waals surface area contributed by atoms with Crippen molar-refractivity contribution in [1.82, 2.24) is 15.1 Å². The van der Waals surface area contributed by atoms with E-state index in [2.05, 4.69) is 5.32 Å². The molecule has 2 aliphatic heterocycles. The molecule has 0 aromatic heterocycles. The van der Waals surface area contributed by atoms with Crippen molar-refractivity contribution >= 4 is 23.6 Å². The second-order valence-electron chi connectivity index (χ2n) is 6.90. The summed E-state index contributed by atoms with van der Waals surface area (Å²) < 4.78 is 0. The number of imide groups is 2. The number of hydrogen-bond acceptors (Lipinski definition) is 5. The fourth-order valence-electron chi connectivity index (χ4n) is 3.17. The Kier molecular flexibility index (Phi) is 8.91. The molecule has 0 saturated heterocycles. The third kappa shape index (κ3) is 7.09. The first-order valence-corrected chi connectivity index (χ1v) is 9.87. The largest absolute Gasteiger partial charge is 0.317 e. The van der Waals surface area contributed by atoms with Gasteiger partial charge in [-0.25, -0.2) is 0 Å². The zero-order valence-electron chi connectivity index (χ0n) is 15.8. The minimum atomic E-state index is -0.197. The van der Waals surface area contributed by atoms with E-state index in [0.29, 0.717) is 13.1 Å². The van der Waals surface area contributed by atoms with Gasteiger partial charge in [-0.1, -0.05) is 25.7 Å². The standard InChI is InChI=1S/C20H29N3O4/c24-17-9-10-18(25)22(17)15-7-3-1-5-13-21-14-6-2-4-8-16-23-19(26)11-12-20(23)27/h9-12,21H,1-8,13-16H2. The zero-order chi connectivity index (χ0) is 19.5. The molecule has 0 fully saturated rings. The predicted molar refractivity (Wildman–Crippen MR) is 102 cm³/mol. The van der Waals surface area contributed by atoms with Crippen LogP contribution in [0.1, 0.15) is 51.4 Å². The molecule has 2 rings (SSSR count). The first-order chi connectivity index (χ1) is 13.1. The van der Waals surface area contributed by atoms with Crippen molar-refractivity contribution < 1.29 is 19.2 Å². The molecular formula is C20H29N3O4. The molecule has 0 aliphatic carbocycles. The lowest BCUT2D eigenvalue weighted by Gasteiger charge is -2.13.